The molecule has 0 saturated carbocycles. The van der Waals surface area contributed by atoms with Gasteiger partial charge in [-0.2, -0.15) is 4.31 Å². The van der Waals surface area contributed by atoms with Crippen LogP contribution in [0.25, 0.3) is 0 Å². The quantitative estimate of drug-likeness (QED) is 0.893. The summed E-state index contributed by atoms with van der Waals surface area (Å²) in [7, 11) is -2.41. The van der Waals surface area contributed by atoms with Crippen LogP contribution in [0, 0.1) is 5.82 Å². The van der Waals surface area contributed by atoms with Gasteiger partial charge in [0.2, 0.25) is 10.0 Å². The maximum Gasteiger partial charge on any atom is 0.245 e. The van der Waals surface area contributed by atoms with E-state index in [1.165, 1.54) is 19.2 Å². The topological polar surface area (TPSA) is 72.6 Å². The first-order valence-corrected chi connectivity index (χ1v) is 8.45. The molecule has 5 nitrogen and oxygen atoms in total. The van der Waals surface area contributed by atoms with Crippen LogP contribution in [-0.4, -0.2) is 39.0 Å². The molecule has 0 amide bonds. The lowest BCUT2D eigenvalue weighted by atomic mass is 10.1. The fourth-order valence-electron chi connectivity index (χ4n) is 2.38. The molecule has 0 spiro atoms. The van der Waals surface area contributed by atoms with Crippen molar-refractivity contribution in [2.45, 2.75) is 36.8 Å². The molecule has 1 aliphatic heterocycles. The predicted molar refractivity (Wildman–Crippen MR) is 77.7 cm³/mol. The highest BCUT2D eigenvalue weighted by Crippen LogP contribution is 2.21. The minimum Gasteiger partial charge on any atom is -0.377 e. The van der Waals surface area contributed by atoms with E-state index in [-0.39, 0.29) is 24.1 Å². The summed E-state index contributed by atoms with van der Waals surface area (Å²) in [6.07, 6.45) is 2.74. The molecule has 2 rings (SSSR count). The van der Waals surface area contributed by atoms with Crippen molar-refractivity contribution in [1.29, 1.82) is 0 Å². The molecule has 0 radical (unpaired) electrons. The highest BCUT2D eigenvalue weighted by atomic mass is 32.2. The van der Waals surface area contributed by atoms with Crippen LogP contribution in [0.4, 0.5) is 4.39 Å². The number of nitrogens with zero attached hydrogens (tertiary/aromatic N) is 1. The van der Waals surface area contributed by atoms with E-state index in [0.29, 0.717) is 12.2 Å². The lowest BCUT2D eigenvalue weighted by molar-refractivity contribution is 0.00856. The summed E-state index contributed by atoms with van der Waals surface area (Å²) >= 11 is 0. The number of hydrogen-bond acceptors (Lipinski definition) is 4. The van der Waals surface area contributed by atoms with Crippen LogP contribution >= 0.6 is 0 Å². The van der Waals surface area contributed by atoms with Gasteiger partial charge in [0.25, 0.3) is 0 Å². The Balaban J connectivity index is 2.16. The van der Waals surface area contributed by atoms with Crippen LogP contribution in [0.1, 0.15) is 24.8 Å². The molecular weight excluding hydrogens is 295 g/mol. The molecule has 21 heavy (non-hydrogen) atoms. The minimum absolute atomic E-state index is 0.120. The van der Waals surface area contributed by atoms with E-state index in [0.717, 1.165) is 29.6 Å². The fraction of sp³-hybridized carbons (Fsp3) is 0.571. The molecule has 1 aromatic rings. The molecule has 1 aromatic carbocycles. The second-order valence-electron chi connectivity index (χ2n) is 5.24. The average molecular weight is 316 g/mol. The van der Waals surface area contributed by atoms with E-state index >= 15 is 0 Å². The number of halogens is 1. The van der Waals surface area contributed by atoms with Gasteiger partial charge in [-0.25, -0.2) is 12.8 Å². The summed E-state index contributed by atoms with van der Waals surface area (Å²) in [5.74, 6) is -0.769. The molecule has 1 heterocycles. The van der Waals surface area contributed by atoms with E-state index in [1.54, 1.807) is 0 Å². The number of nitrogens with two attached hydrogens (primary N) is 1. The summed E-state index contributed by atoms with van der Waals surface area (Å²) in [6, 6.07) is 3.96. The van der Waals surface area contributed by atoms with Gasteiger partial charge in [-0.05, 0) is 37.0 Å². The first-order chi connectivity index (χ1) is 9.95. The second kappa shape index (κ2) is 6.83. The first-order valence-electron chi connectivity index (χ1n) is 7.01. The van der Waals surface area contributed by atoms with Gasteiger partial charge >= 0.3 is 0 Å². The average Bonchev–Trinajstić information content (AvgIpc) is 2.47. The van der Waals surface area contributed by atoms with Crippen molar-refractivity contribution >= 4 is 10.0 Å². The molecule has 2 N–H and O–H groups in total. The van der Waals surface area contributed by atoms with Crippen LogP contribution in [0.3, 0.4) is 0 Å². The van der Waals surface area contributed by atoms with Gasteiger partial charge in [-0.15, -0.1) is 0 Å². The Bertz CT molecular complexity index is 586. The van der Waals surface area contributed by atoms with E-state index < -0.39 is 15.8 Å². The lowest BCUT2D eigenvalue weighted by Crippen LogP contribution is -2.37. The number of sulfonamides is 1. The minimum atomic E-state index is -3.86. The number of rotatable bonds is 5. The van der Waals surface area contributed by atoms with Crippen LogP contribution in [0.2, 0.25) is 0 Å². The zero-order valence-electron chi connectivity index (χ0n) is 12.1. The van der Waals surface area contributed by atoms with Crippen molar-refractivity contribution in [2.75, 3.05) is 20.2 Å². The van der Waals surface area contributed by atoms with E-state index in [2.05, 4.69) is 0 Å². The maximum absolute atomic E-state index is 14.0. The van der Waals surface area contributed by atoms with Crippen LogP contribution < -0.4 is 5.73 Å². The molecule has 0 bridgehead atoms. The molecule has 0 aliphatic carbocycles. The van der Waals surface area contributed by atoms with Gasteiger partial charge in [0, 0.05) is 26.7 Å². The third-order valence-electron chi connectivity index (χ3n) is 3.65. The van der Waals surface area contributed by atoms with Crippen molar-refractivity contribution in [2.24, 2.45) is 5.73 Å². The molecule has 1 aliphatic rings. The summed E-state index contributed by atoms with van der Waals surface area (Å²) in [4.78, 5) is -0.321. The predicted octanol–water partition coefficient (Wildman–Crippen LogP) is 1.47. The number of hydrogen-bond donors (Lipinski definition) is 1. The number of ether oxygens (including phenoxy) is 1. The second-order valence-corrected chi connectivity index (χ2v) is 7.26. The summed E-state index contributed by atoms with van der Waals surface area (Å²) in [5.41, 5.74) is 5.98. The SMILES string of the molecule is CN(CC1CCCCO1)S(=O)(=O)c1ccc(CN)cc1F. The molecule has 118 valence electrons. The largest absolute Gasteiger partial charge is 0.377 e. The van der Waals surface area contributed by atoms with Crippen molar-refractivity contribution in [1.82, 2.24) is 4.31 Å². The van der Waals surface area contributed by atoms with Crippen molar-refractivity contribution in [3.63, 3.8) is 0 Å². The zero-order chi connectivity index (χ0) is 15.5. The lowest BCUT2D eigenvalue weighted by Gasteiger charge is -2.27. The zero-order valence-corrected chi connectivity index (χ0v) is 12.9. The number of likely N-dealkylation sites (N-methyl/N-ethyl adjacent to an activating group) is 1. The van der Waals surface area contributed by atoms with Crippen molar-refractivity contribution in [3.05, 3.63) is 29.6 Å². The Hall–Kier alpha value is -1.02. The Morgan fingerprint density at radius 2 is 2.19 bits per heavy atom. The van der Waals surface area contributed by atoms with Gasteiger partial charge in [0.05, 0.1) is 6.10 Å². The first kappa shape index (κ1) is 16.4. The van der Waals surface area contributed by atoms with Gasteiger partial charge in [-0.3, -0.25) is 0 Å². The van der Waals surface area contributed by atoms with E-state index in [1.807, 2.05) is 0 Å². The van der Waals surface area contributed by atoms with Gasteiger partial charge in [-0.1, -0.05) is 6.07 Å². The van der Waals surface area contributed by atoms with Crippen molar-refractivity contribution in [3.8, 4) is 0 Å². The standard InChI is InChI=1S/C14H21FN2O3S/c1-17(10-12-4-2-3-7-20-12)21(18,19)14-6-5-11(9-16)8-13(14)15/h5-6,8,12H,2-4,7,9-10,16H2,1H3. The molecule has 1 fully saturated rings. The van der Waals surface area contributed by atoms with Gasteiger partial charge in [0.1, 0.15) is 10.7 Å². The third-order valence-corrected chi connectivity index (χ3v) is 5.51. The number of benzene rings is 1. The summed E-state index contributed by atoms with van der Waals surface area (Å²) in [5, 5.41) is 0. The molecule has 1 saturated heterocycles. The Morgan fingerprint density at radius 1 is 1.43 bits per heavy atom. The normalized spacial score (nSPS) is 19.9. The van der Waals surface area contributed by atoms with Crippen LogP contribution in [-0.2, 0) is 21.3 Å². The molecule has 1 unspecified atom stereocenters. The van der Waals surface area contributed by atoms with Crippen molar-refractivity contribution < 1.29 is 17.5 Å². The highest BCUT2D eigenvalue weighted by molar-refractivity contribution is 7.89. The molecule has 1 atom stereocenters. The van der Waals surface area contributed by atoms with E-state index in [4.69, 9.17) is 10.5 Å². The fourth-order valence-corrected chi connectivity index (χ4v) is 3.63. The third kappa shape index (κ3) is 3.79. The summed E-state index contributed by atoms with van der Waals surface area (Å²) < 4.78 is 45.5. The smallest absolute Gasteiger partial charge is 0.245 e. The highest BCUT2D eigenvalue weighted by Gasteiger charge is 2.27. The Morgan fingerprint density at radius 3 is 2.76 bits per heavy atom. The molecular formula is C14H21FN2O3S. The molecule has 0 aromatic heterocycles. The molecule has 7 heteroatoms. The monoisotopic (exact) mass is 316 g/mol. The van der Waals surface area contributed by atoms with Gasteiger partial charge < -0.3 is 10.5 Å². The van der Waals surface area contributed by atoms with E-state index in [9.17, 15) is 12.8 Å². The Kier molecular flexibility index (Phi) is 5.32. The summed E-state index contributed by atoms with van der Waals surface area (Å²) in [6.45, 7) is 1.06. The van der Waals surface area contributed by atoms with Crippen LogP contribution in [0.5, 0.6) is 0 Å². The van der Waals surface area contributed by atoms with Gasteiger partial charge in [0.15, 0.2) is 0 Å². The Labute approximate surface area is 124 Å². The maximum atomic E-state index is 14.0. The van der Waals surface area contributed by atoms with Crippen LogP contribution in [0.15, 0.2) is 23.1 Å².